The zero-order chi connectivity index (χ0) is 9.98. The Balaban J connectivity index is 0. The van der Waals surface area contributed by atoms with Crippen LogP contribution >= 0.6 is 0 Å². The van der Waals surface area contributed by atoms with Gasteiger partial charge in [0, 0.05) is 0 Å². The summed E-state index contributed by atoms with van der Waals surface area (Å²) in [6.07, 6.45) is 2.32. The molecule has 12 heavy (non-hydrogen) atoms. The van der Waals surface area contributed by atoms with Crippen molar-refractivity contribution in [3.63, 3.8) is 0 Å². The molecule has 0 heterocycles. The smallest absolute Gasteiger partial charge is 0.126 e. The van der Waals surface area contributed by atoms with Crippen molar-refractivity contribution in [1.82, 2.24) is 0 Å². The Morgan fingerprint density at radius 2 is 1.83 bits per heavy atom. The number of ketones is 1. The van der Waals surface area contributed by atoms with Gasteiger partial charge in [-0.15, -0.1) is 0 Å². The molecule has 0 aromatic carbocycles. The summed E-state index contributed by atoms with van der Waals surface area (Å²) in [5, 5.41) is 17.1. The van der Waals surface area contributed by atoms with Crippen molar-refractivity contribution in [2.75, 3.05) is 6.61 Å². The van der Waals surface area contributed by atoms with Crippen molar-refractivity contribution in [3.05, 3.63) is 0 Å². The quantitative estimate of drug-likeness (QED) is 0.675. The summed E-state index contributed by atoms with van der Waals surface area (Å²) in [5.74, 6) is 0.167. The van der Waals surface area contributed by atoms with Crippen molar-refractivity contribution in [2.24, 2.45) is 0 Å². The number of carbonyl (C=O) groups is 1. The predicted molar refractivity (Wildman–Crippen MR) is 49.0 cm³/mol. The van der Waals surface area contributed by atoms with Gasteiger partial charge in [0.25, 0.3) is 0 Å². The van der Waals surface area contributed by atoms with Gasteiger partial charge in [-0.25, -0.2) is 0 Å². The molecule has 0 aliphatic heterocycles. The summed E-state index contributed by atoms with van der Waals surface area (Å²) in [5.41, 5.74) is 0. The SMILES string of the molecule is CC(C)=O.CCCCC(O)CO. The molecule has 0 saturated heterocycles. The first-order valence-corrected chi connectivity index (χ1v) is 4.30. The minimum absolute atomic E-state index is 0.0972. The number of carbonyl (C=O) groups excluding carboxylic acids is 1. The lowest BCUT2D eigenvalue weighted by Gasteiger charge is -2.02. The Morgan fingerprint density at radius 3 is 2.08 bits per heavy atom. The van der Waals surface area contributed by atoms with Crippen molar-refractivity contribution >= 4 is 5.78 Å². The van der Waals surface area contributed by atoms with Gasteiger partial charge in [-0.3, -0.25) is 0 Å². The Labute approximate surface area is 74.4 Å². The maximum Gasteiger partial charge on any atom is 0.126 e. The van der Waals surface area contributed by atoms with E-state index in [2.05, 4.69) is 6.92 Å². The van der Waals surface area contributed by atoms with Gasteiger partial charge in [-0.05, 0) is 20.3 Å². The highest BCUT2D eigenvalue weighted by atomic mass is 16.3. The molecule has 0 spiro atoms. The standard InChI is InChI=1S/C6H14O2.C3H6O/c1-2-3-4-6(8)5-7;1-3(2)4/h6-8H,2-5H2,1H3;1-2H3. The second-order valence-electron chi connectivity index (χ2n) is 2.89. The summed E-state index contributed by atoms with van der Waals surface area (Å²) in [4.78, 5) is 9.44. The zero-order valence-corrected chi connectivity index (χ0v) is 8.21. The molecular formula is C9H20O3. The van der Waals surface area contributed by atoms with Gasteiger partial charge >= 0.3 is 0 Å². The molecule has 1 unspecified atom stereocenters. The van der Waals surface area contributed by atoms with Gasteiger partial charge in [0.2, 0.25) is 0 Å². The van der Waals surface area contributed by atoms with Crippen molar-refractivity contribution in [1.29, 1.82) is 0 Å². The molecule has 0 fully saturated rings. The van der Waals surface area contributed by atoms with Crippen LogP contribution in [0.1, 0.15) is 40.0 Å². The highest BCUT2D eigenvalue weighted by Gasteiger charge is 1.97. The second-order valence-corrected chi connectivity index (χ2v) is 2.89. The van der Waals surface area contributed by atoms with E-state index in [1.54, 1.807) is 0 Å². The minimum Gasteiger partial charge on any atom is -0.394 e. The van der Waals surface area contributed by atoms with E-state index in [0.29, 0.717) is 0 Å². The molecule has 0 bridgehead atoms. The third-order valence-electron chi connectivity index (χ3n) is 1.10. The van der Waals surface area contributed by atoms with Crippen LogP contribution in [0.25, 0.3) is 0 Å². The summed E-state index contributed by atoms with van der Waals surface area (Å²) in [6, 6.07) is 0. The van der Waals surface area contributed by atoms with E-state index in [4.69, 9.17) is 10.2 Å². The van der Waals surface area contributed by atoms with Crippen LogP contribution in [0.4, 0.5) is 0 Å². The molecule has 0 rings (SSSR count). The molecule has 0 aliphatic carbocycles. The Morgan fingerprint density at radius 1 is 1.42 bits per heavy atom. The van der Waals surface area contributed by atoms with Gasteiger partial charge in [0.05, 0.1) is 12.7 Å². The number of hydrogen-bond acceptors (Lipinski definition) is 3. The van der Waals surface area contributed by atoms with E-state index in [-0.39, 0.29) is 12.4 Å². The zero-order valence-electron chi connectivity index (χ0n) is 8.21. The first-order valence-electron chi connectivity index (χ1n) is 4.30. The number of aliphatic hydroxyl groups excluding tert-OH is 2. The summed E-state index contributed by atoms with van der Waals surface area (Å²) >= 11 is 0. The van der Waals surface area contributed by atoms with Crippen molar-refractivity contribution < 1.29 is 15.0 Å². The lowest BCUT2D eigenvalue weighted by molar-refractivity contribution is -0.114. The Bertz CT molecular complexity index is 97.9. The topological polar surface area (TPSA) is 57.5 Å². The van der Waals surface area contributed by atoms with E-state index in [0.717, 1.165) is 19.3 Å². The minimum atomic E-state index is -0.491. The average molecular weight is 176 g/mol. The largest absolute Gasteiger partial charge is 0.394 e. The van der Waals surface area contributed by atoms with Gasteiger partial charge in [-0.1, -0.05) is 19.8 Å². The number of unbranched alkanes of at least 4 members (excludes halogenated alkanes) is 1. The molecule has 3 heteroatoms. The molecule has 74 valence electrons. The molecule has 0 aromatic rings. The normalized spacial score (nSPS) is 11.4. The van der Waals surface area contributed by atoms with Crippen LogP contribution in [0.5, 0.6) is 0 Å². The Hall–Kier alpha value is -0.410. The molecule has 2 N–H and O–H groups in total. The van der Waals surface area contributed by atoms with Crippen LogP contribution in [0, 0.1) is 0 Å². The maximum absolute atomic E-state index is 9.44. The third kappa shape index (κ3) is 22.6. The molecule has 0 radical (unpaired) electrons. The van der Waals surface area contributed by atoms with Crippen LogP contribution in [0.15, 0.2) is 0 Å². The molecule has 0 aromatic heterocycles. The summed E-state index contributed by atoms with van der Waals surface area (Å²) < 4.78 is 0. The fraction of sp³-hybridized carbons (Fsp3) is 0.889. The average Bonchev–Trinajstić information content (AvgIpc) is 1.99. The summed E-state index contributed by atoms with van der Waals surface area (Å²) in [6.45, 7) is 5.02. The third-order valence-corrected chi connectivity index (χ3v) is 1.10. The first-order chi connectivity index (χ1) is 5.54. The van der Waals surface area contributed by atoms with Gasteiger partial charge in [0.1, 0.15) is 5.78 Å². The van der Waals surface area contributed by atoms with E-state index in [9.17, 15) is 4.79 Å². The molecule has 0 saturated carbocycles. The fourth-order valence-electron chi connectivity index (χ4n) is 0.531. The van der Waals surface area contributed by atoms with E-state index in [1.807, 2.05) is 0 Å². The monoisotopic (exact) mass is 176 g/mol. The highest BCUT2D eigenvalue weighted by molar-refractivity contribution is 5.72. The first kappa shape index (κ1) is 14.1. The predicted octanol–water partition coefficient (Wildman–Crippen LogP) is 1.13. The molecule has 1 atom stereocenters. The van der Waals surface area contributed by atoms with Gasteiger partial charge < -0.3 is 15.0 Å². The van der Waals surface area contributed by atoms with E-state index < -0.39 is 6.10 Å². The Kier molecular flexibility index (Phi) is 12.5. The maximum atomic E-state index is 9.44. The van der Waals surface area contributed by atoms with Crippen molar-refractivity contribution in [2.45, 2.75) is 46.1 Å². The lowest BCUT2D eigenvalue weighted by Crippen LogP contribution is -2.10. The van der Waals surface area contributed by atoms with Crippen LogP contribution in [0.2, 0.25) is 0 Å². The molecule has 0 amide bonds. The van der Waals surface area contributed by atoms with Gasteiger partial charge in [0.15, 0.2) is 0 Å². The molecular weight excluding hydrogens is 156 g/mol. The highest BCUT2D eigenvalue weighted by Crippen LogP contribution is 1.97. The molecule has 0 aliphatic rings. The number of rotatable bonds is 4. The summed E-state index contributed by atoms with van der Waals surface area (Å²) in [7, 11) is 0. The van der Waals surface area contributed by atoms with Gasteiger partial charge in [-0.2, -0.15) is 0 Å². The second kappa shape index (κ2) is 10.6. The van der Waals surface area contributed by atoms with E-state index >= 15 is 0 Å². The lowest BCUT2D eigenvalue weighted by atomic mass is 10.2. The van der Waals surface area contributed by atoms with Crippen LogP contribution < -0.4 is 0 Å². The van der Waals surface area contributed by atoms with Crippen LogP contribution in [-0.2, 0) is 4.79 Å². The van der Waals surface area contributed by atoms with Crippen LogP contribution in [0.3, 0.4) is 0 Å². The number of aliphatic hydroxyl groups is 2. The van der Waals surface area contributed by atoms with E-state index in [1.165, 1.54) is 13.8 Å². The molecule has 3 nitrogen and oxygen atoms in total. The van der Waals surface area contributed by atoms with Crippen molar-refractivity contribution in [3.8, 4) is 0 Å². The fourth-order valence-corrected chi connectivity index (χ4v) is 0.531. The number of hydrogen-bond donors (Lipinski definition) is 2. The van der Waals surface area contributed by atoms with Crippen LogP contribution in [-0.4, -0.2) is 28.7 Å². The number of Topliss-reactive ketones (excluding diaryl/α,β-unsaturated/α-hetero) is 1.